The van der Waals surface area contributed by atoms with Gasteiger partial charge in [-0.05, 0) is 41.1 Å². The van der Waals surface area contributed by atoms with E-state index in [9.17, 15) is 4.39 Å². The van der Waals surface area contributed by atoms with Gasteiger partial charge in [0, 0.05) is 24.7 Å². The van der Waals surface area contributed by atoms with Crippen molar-refractivity contribution in [3.63, 3.8) is 0 Å². The first kappa shape index (κ1) is 14.1. The molecule has 108 valence electrons. The van der Waals surface area contributed by atoms with Gasteiger partial charge in [-0.15, -0.1) is 0 Å². The number of imidazole rings is 1. The fourth-order valence-corrected chi connectivity index (χ4v) is 2.50. The number of H-pyrrole nitrogens is 1. The van der Waals surface area contributed by atoms with E-state index in [0.717, 1.165) is 35.5 Å². The summed E-state index contributed by atoms with van der Waals surface area (Å²) in [7, 11) is 0. The Bertz CT molecular complexity index is 726. The molecule has 0 unspecified atom stereocenters. The number of nitrogens with one attached hydrogen (secondary N) is 2. The molecule has 2 aromatic carbocycles. The summed E-state index contributed by atoms with van der Waals surface area (Å²) >= 11 is 3.17. The Hall–Kier alpha value is -1.88. The largest absolute Gasteiger partial charge is 0.385 e. The van der Waals surface area contributed by atoms with Crippen LogP contribution in [0.15, 0.2) is 40.9 Å². The molecular formula is C16H15BrFN3. The lowest BCUT2D eigenvalue weighted by Gasteiger charge is -2.05. The van der Waals surface area contributed by atoms with E-state index in [1.165, 1.54) is 11.6 Å². The third-order valence-corrected chi connectivity index (χ3v) is 3.92. The van der Waals surface area contributed by atoms with Crippen LogP contribution in [-0.4, -0.2) is 16.5 Å². The molecule has 1 aromatic heterocycles. The number of aromatic nitrogens is 2. The van der Waals surface area contributed by atoms with Gasteiger partial charge in [0.25, 0.3) is 0 Å². The van der Waals surface area contributed by atoms with Gasteiger partial charge in [0.05, 0.1) is 15.5 Å². The number of hydrogen-bond acceptors (Lipinski definition) is 2. The number of hydrogen-bond donors (Lipinski definition) is 2. The maximum Gasteiger partial charge on any atom is 0.139 e. The summed E-state index contributed by atoms with van der Waals surface area (Å²) in [5, 5.41) is 3.34. The average molecular weight is 348 g/mol. The Kier molecular flexibility index (Phi) is 3.92. The van der Waals surface area contributed by atoms with Gasteiger partial charge in [-0.1, -0.05) is 17.7 Å². The van der Waals surface area contributed by atoms with E-state index in [1.54, 1.807) is 6.07 Å². The van der Waals surface area contributed by atoms with Gasteiger partial charge >= 0.3 is 0 Å². The van der Waals surface area contributed by atoms with E-state index >= 15 is 0 Å². The topological polar surface area (TPSA) is 40.7 Å². The summed E-state index contributed by atoms with van der Waals surface area (Å²) in [4.78, 5) is 7.61. The Morgan fingerprint density at radius 3 is 2.76 bits per heavy atom. The molecule has 0 atom stereocenters. The Labute approximate surface area is 130 Å². The van der Waals surface area contributed by atoms with Crippen LogP contribution in [0.5, 0.6) is 0 Å². The Morgan fingerprint density at radius 1 is 1.24 bits per heavy atom. The molecule has 0 saturated heterocycles. The van der Waals surface area contributed by atoms with Crippen LogP contribution in [-0.2, 0) is 6.42 Å². The number of aromatic amines is 1. The van der Waals surface area contributed by atoms with Crippen molar-refractivity contribution in [3.05, 3.63) is 58.1 Å². The minimum Gasteiger partial charge on any atom is -0.385 e. The van der Waals surface area contributed by atoms with Crippen LogP contribution in [0.2, 0.25) is 0 Å². The van der Waals surface area contributed by atoms with Gasteiger partial charge < -0.3 is 10.3 Å². The lowest BCUT2D eigenvalue weighted by molar-refractivity contribution is 0.623. The van der Waals surface area contributed by atoms with Crippen molar-refractivity contribution in [2.24, 2.45) is 0 Å². The van der Waals surface area contributed by atoms with Gasteiger partial charge in [-0.3, -0.25) is 0 Å². The molecule has 21 heavy (non-hydrogen) atoms. The predicted octanol–water partition coefficient (Wildman–Crippen LogP) is 4.43. The van der Waals surface area contributed by atoms with E-state index in [2.05, 4.69) is 62.4 Å². The molecule has 0 aliphatic heterocycles. The molecule has 2 N–H and O–H groups in total. The minimum absolute atomic E-state index is 0.282. The molecule has 1 heterocycles. The van der Waals surface area contributed by atoms with E-state index < -0.39 is 0 Å². The summed E-state index contributed by atoms with van der Waals surface area (Å²) in [5.74, 6) is 0.567. The SMILES string of the molecule is Cc1ccc(NCCc2nc3cc(Br)c(F)cc3[nH]2)cc1. The highest BCUT2D eigenvalue weighted by Gasteiger charge is 2.07. The zero-order valence-electron chi connectivity index (χ0n) is 11.6. The third kappa shape index (κ3) is 3.24. The highest BCUT2D eigenvalue weighted by molar-refractivity contribution is 9.10. The van der Waals surface area contributed by atoms with E-state index in [-0.39, 0.29) is 5.82 Å². The zero-order valence-corrected chi connectivity index (χ0v) is 13.2. The normalized spacial score (nSPS) is 11.0. The first-order chi connectivity index (χ1) is 10.1. The molecule has 0 fully saturated rings. The number of fused-ring (bicyclic) bond motifs is 1. The zero-order chi connectivity index (χ0) is 14.8. The van der Waals surface area contributed by atoms with Crippen molar-refractivity contribution in [3.8, 4) is 0 Å². The quantitative estimate of drug-likeness (QED) is 0.732. The highest BCUT2D eigenvalue weighted by Crippen LogP contribution is 2.21. The Balaban J connectivity index is 1.66. The van der Waals surface area contributed by atoms with Crippen molar-refractivity contribution in [1.82, 2.24) is 9.97 Å². The van der Waals surface area contributed by atoms with Crippen LogP contribution in [0.4, 0.5) is 10.1 Å². The van der Waals surface area contributed by atoms with Crippen LogP contribution in [0, 0.1) is 12.7 Å². The van der Waals surface area contributed by atoms with E-state index in [0.29, 0.717) is 4.47 Å². The standard InChI is InChI=1S/C16H15BrFN3/c1-10-2-4-11(5-3-10)19-7-6-16-20-14-8-12(17)13(18)9-15(14)21-16/h2-5,8-9,19H,6-7H2,1H3,(H,20,21). The Morgan fingerprint density at radius 2 is 2.00 bits per heavy atom. The van der Waals surface area contributed by atoms with Crippen molar-refractivity contribution in [1.29, 1.82) is 0 Å². The molecule has 3 rings (SSSR count). The fraction of sp³-hybridized carbons (Fsp3) is 0.188. The number of benzene rings is 2. The molecule has 5 heteroatoms. The average Bonchev–Trinajstić information content (AvgIpc) is 2.83. The number of nitrogens with zero attached hydrogens (tertiary/aromatic N) is 1. The summed E-state index contributed by atoms with van der Waals surface area (Å²) in [5.41, 5.74) is 3.82. The maximum absolute atomic E-state index is 13.5. The van der Waals surface area contributed by atoms with Crippen molar-refractivity contribution < 1.29 is 4.39 Å². The van der Waals surface area contributed by atoms with Gasteiger partial charge in [-0.25, -0.2) is 9.37 Å². The van der Waals surface area contributed by atoms with Crippen LogP contribution in [0.3, 0.4) is 0 Å². The number of rotatable bonds is 4. The van der Waals surface area contributed by atoms with Gasteiger partial charge in [0.15, 0.2) is 0 Å². The first-order valence-corrected chi connectivity index (χ1v) is 7.55. The highest BCUT2D eigenvalue weighted by atomic mass is 79.9. The van der Waals surface area contributed by atoms with Crippen LogP contribution < -0.4 is 5.32 Å². The third-order valence-electron chi connectivity index (χ3n) is 3.32. The number of halogens is 2. The smallest absolute Gasteiger partial charge is 0.139 e. The molecule has 0 aliphatic rings. The van der Waals surface area contributed by atoms with Crippen molar-refractivity contribution in [2.45, 2.75) is 13.3 Å². The summed E-state index contributed by atoms with van der Waals surface area (Å²) in [6.07, 6.45) is 0.752. The monoisotopic (exact) mass is 347 g/mol. The molecule has 0 amide bonds. The van der Waals surface area contributed by atoms with Gasteiger partial charge in [-0.2, -0.15) is 0 Å². The lowest BCUT2D eigenvalue weighted by Crippen LogP contribution is -2.05. The molecule has 0 spiro atoms. The lowest BCUT2D eigenvalue weighted by atomic mass is 10.2. The van der Waals surface area contributed by atoms with Crippen LogP contribution >= 0.6 is 15.9 Å². The fourth-order valence-electron chi connectivity index (χ4n) is 2.17. The second-order valence-electron chi connectivity index (χ2n) is 5.01. The molecule has 3 aromatic rings. The summed E-state index contributed by atoms with van der Waals surface area (Å²) in [6, 6.07) is 11.4. The molecule has 0 bridgehead atoms. The molecule has 3 nitrogen and oxygen atoms in total. The number of aryl methyl sites for hydroxylation is 1. The van der Waals surface area contributed by atoms with Crippen molar-refractivity contribution >= 4 is 32.7 Å². The maximum atomic E-state index is 13.5. The summed E-state index contributed by atoms with van der Waals surface area (Å²) < 4.78 is 13.9. The second-order valence-corrected chi connectivity index (χ2v) is 5.86. The second kappa shape index (κ2) is 5.85. The predicted molar refractivity (Wildman–Crippen MR) is 87.1 cm³/mol. The van der Waals surface area contributed by atoms with Crippen LogP contribution in [0.1, 0.15) is 11.4 Å². The van der Waals surface area contributed by atoms with Gasteiger partial charge in [0.2, 0.25) is 0 Å². The number of anilines is 1. The summed E-state index contributed by atoms with van der Waals surface area (Å²) in [6.45, 7) is 2.84. The van der Waals surface area contributed by atoms with E-state index in [4.69, 9.17) is 0 Å². The minimum atomic E-state index is -0.282. The van der Waals surface area contributed by atoms with E-state index in [1.807, 2.05) is 0 Å². The van der Waals surface area contributed by atoms with Gasteiger partial charge in [0.1, 0.15) is 11.6 Å². The molecule has 0 saturated carbocycles. The van der Waals surface area contributed by atoms with Crippen LogP contribution in [0.25, 0.3) is 11.0 Å². The first-order valence-electron chi connectivity index (χ1n) is 6.76. The molecule has 0 radical (unpaired) electrons. The molecule has 0 aliphatic carbocycles. The molecular weight excluding hydrogens is 333 g/mol. The van der Waals surface area contributed by atoms with Crippen molar-refractivity contribution in [2.75, 3.05) is 11.9 Å².